The number of ether oxygens (including phenoxy) is 2. The minimum absolute atomic E-state index is 0.0292. The van der Waals surface area contributed by atoms with Gasteiger partial charge in [-0.1, -0.05) is 20.8 Å². The van der Waals surface area contributed by atoms with E-state index in [4.69, 9.17) is 14.5 Å². The number of amides is 1. The third-order valence-electron chi connectivity index (χ3n) is 4.20. The Bertz CT molecular complexity index is 480. The molecule has 152 valence electrons. The average molecular weight is 371 g/mol. The van der Waals surface area contributed by atoms with Crippen LogP contribution in [0.2, 0.25) is 0 Å². The molecule has 2 N–H and O–H groups in total. The Balaban J connectivity index is 2.66. The maximum atomic E-state index is 12.0. The minimum atomic E-state index is -0.485. The summed E-state index contributed by atoms with van der Waals surface area (Å²) in [5.41, 5.74) is -0.456. The number of nitrogens with zero attached hydrogens (tertiary/aromatic N) is 2. The highest BCUT2D eigenvalue weighted by Gasteiger charge is 2.29. The predicted octanol–water partition coefficient (Wildman–Crippen LogP) is 2.61. The number of aliphatic imine (C=N–C) groups is 1. The molecule has 2 atom stereocenters. The van der Waals surface area contributed by atoms with E-state index in [1.165, 1.54) is 0 Å². The van der Waals surface area contributed by atoms with Gasteiger partial charge in [-0.2, -0.15) is 0 Å². The number of methoxy groups -OCH3 is 1. The van der Waals surface area contributed by atoms with Crippen LogP contribution in [0.5, 0.6) is 0 Å². The van der Waals surface area contributed by atoms with Crippen molar-refractivity contribution in [1.82, 2.24) is 15.5 Å². The average Bonchev–Trinajstić information content (AvgIpc) is 2.91. The molecule has 0 aromatic rings. The number of guanidine groups is 1. The highest BCUT2D eigenvalue weighted by atomic mass is 16.6. The van der Waals surface area contributed by atoms with Gasteiger partial charge in [0.2, 0.25) is 0 Å². The molecule has 0 aromatic heterocycles. The lowest BCUT2D eigenvalue weighted by Crippen LogP contribution is -2.44. The molecule has 1 rings (SSSR count). The van der Waals surface area contributed by atoms with E-state index in [0.29, 0.717) is 6.54 Å². The zero-order chi connectivity index (χ0) is 20.0. The molecule has 2 unspecified atom stereocenters. The van der Waals surface area contributed by atoms with Crippen LogP contribution >= 0.6 is 0 Å². The van der Waals surface area contributed by atoms with Crippen LogP contribution in [-0.2, 0) is 9.47 Å². The van der Waals surface area contributed by atoms with Crippen molar-refractivity contribution in [2.75, 3.05) is 33.3 Å². The van der Waals surface area contributed by atoms with Gasteiger partial charge in [0.1, 0.15) is 5.60 Å². The Hall–Kier alpha value is -1.50. The molecule has 0 aromatic carbocycles. The summed E-state index contributed by atoms with van der Waals surface area (Å²) in [6.07, 6.45) is 0.560. The smallest absolute Gasteiger partial charge is 0.407 e. The molecule has 1 amide bonds. The number of hydrogen-bond acceptors (Lipinski definition) is 4. The van der Waals surface area contributed by atoms with Gasteiger partial charge in [-0.25, -0.2) is 4.79 Å². The standard InChI is InChI=1S/C19H38N4O3/c1-9-20-16(21-12-15(25-8)18(2,3)4)23-11-10-14(13-23)22-17(24)26-19(5,6)7/h14-15H,9-13H2,1-8H3,(H,20,21)(H,22,24). The van der Waals surface area contributed by atoms with Crippen molar-refractivity contribution in [2.45, 2.75) is 72.6 Å². The molecule has 1 aliphatic heterocycles. The summed E-state index contributed by atoms with van der Waals surface area (Å²) in [7, 11) is 1.73. The van der Waals surface area contributed by atoms with Crippen LogP contribution in [0.3, 0.4) is 0 Å². The molecule has 1 saturated heterocycles. The molecule has 7 nitrogen and oxygen atoms in total. The maximum absolute atomic E-state index is 12.0. The van der Waals surface area contributed by atoms with E-state index < -0.39 is 5.60 Å². The summed E-state index contributed by atoms with van der Waals surface area (Å²) in [4.78, 5) is 18.9. The lowest BCUT2D eigenvalue weighted by atomic mass is 9.89. The molecule has 1 fully saturated rings. The van der Waals surface area contributed by atoms with Gasteiger partial charge in [0.15, 0.2) is 5.96 Å². The van der Waals surface area contributed by atoms with Crippen molar-refractivity contribution < 1.29 is 14.3 Å². The third kappa shape index (κ3) is 7.81. The van der Waals surface area contributed by atoms with Crippen LogP contribution in [0, 0.1) is 5.41 Å². The van der Waals surface area contributed by atoms with Crippen molar-refractivity contribution in [3.8, 4) is 0 Å². The Morgan fingerprint density at radius 2 is 1.92 bits per heavy atom. The molecule has 1 heterocycles. The van der Waals surface area contributed by atoms with E-state index in [1.54, 1.807) is 7.11 Å². The quantitative estimate of drug-likeness (QED) is 0.575. The summed E-state index contributed by atoms with van der Waals surface area (Å²) in [5.74, 6) is 0.868. The van der Waals surface area contributed by atoms with Gasteiger partial charge in [-0.3, -0.25) is 4.99 Å². The SMILES string of the molecule is CCNC(=NCC(OC)C(C)(C)C)N1CCC(NC(=O)OC(C)(C)C)C1. The number of likely N-dealkylation sites (tertiary alicyclic amines) is 1. The van der Waals surface area contributed by atoms with Gasteiger partial charge in [0.05, 0.1) is 18.7 Å². The van der Waals surface area contributed by atoms with Crippen LogP contribution in [-0.4, -0.2) is 68.0 Å². The Morgan fingerprint density at radius 3 is 2.42 bits per heavy atom. The fourth-order valence-corrected chi connectivity index (χ4v) is 2.84. The van der Waals surface area contributed by atoms with E-state index in [1.807, 2.05) is 20.8 Å². The lowest BCUT2D eigenvalue weighted by Gasteiger charge is -2.29. The summed E-state index contributed by atoms with van der Waals surface area (Å²) < 4.78 is 10.9. The number of nitrogens with one attached hydrogen (secondary N) is 2. The molecule has 0 bridgehead atoms. The van der Waals surface area contributed by atoms with Gasteiger partial charge in [-0.05, 0) is 39.5 Å². The number of alkyl carbamates (subject to hydrolysis) is 1. The summed E-state index contributed by atoms with van der Waals surface area (Å²) in [6, 6.07) is 0.0644. The Labute approximate surface area is 158 Å². The fraction of sp³-hybridized carbons (Fsp3) is 0.895. The summed E-state index contributed by atoms with van der Waals surface area (Å²) in [5, 5.41) is 6.30. The highest BCUT2D eigenvalue weighted by Crippen LogP contribution is 2.22. The normalized spacial score (nSPS) is 20.1. The van der Waals surface area contributed by atoms with Crippen molar-refractivity contribution in [2.24, 2.45) is 10.4 Å². The molecule has 0 radical (unpaired) electrons. The molecular formula is C19H38N4O3. The lowest BCUT2D eigenvalue weighted by molar-refractivity contribution is 0.0240. The second-order valence-electron chi connectivity index (χ2n) is 8.86. The monoisotopic (exact) mass is 370 g/mol. The van der Waals surface area contributed by atoms with Gasteiger partial charge < -0.3 is 25.0 Å². The van der Waals surface area contributed by atoms with Crippen molar-refractivity contribution >= 4 is 12.1 Å². The first-order valence-corrected chi connectivity index (χ1v) is 9.51. The van der Waals surface area contributed by atoms with Crippen LogP contribution < -0.4 is 10.6 Å². The topological polar surface area (TPSA) is 75.2 Å². The Morgan fingerprint density at radius 1 is 1.27 bits per heavy atom. The molecule has 26 heavy (non-hydrogen) atoms. The highest BCUT2D eigenvalue weighted by molar-refractivity contribution is 5.80. The van der Waals surface area contributed by atoms with E-state index in [2.05, 4.69) is 43.2 Å². The molecular weight excluding hydrogens is 332 g/mol. The first-order chi connectivity index (χ1) is 12.0. The van der Waals surface area contributed by atoms with Crippen LogP contribution in [0.1, 0.15) is 54.9 Å². The number of carbonyl (C=O) groups excluding carboxylic acids is 1. The summed E-state index contributed by atoms with van der Waals surface area (Å²) >= 11 is 0. The molecule has 0 spiro atoms. The van der Waals surface area contributed by atoms with Gasteiger partial charge in [-0.15, -0.1) is 0 Å². The third-order valence-corrected chi connectivity index (χ3v) is 4.20. The van der Waals surface area contributed by atoms with Gasteiger partial charge >= 0.3 is 6.09 Å². The van der Waals surface area contributed by atoms with Crippen LogP contribution in [0.15, 0.2) is 4.99 Å². The number of rotatable bonds is 5. The van der Waals surface area contributed by atoms with Gasteiger partial charge in [0, 0.05) is 26.7 Å². The van der Waals surface area contributed by atoms with E-state index in [9.17, 15) is 4.79 Å². The zero-order valence-electron chi connectivity index (χ0n) is 17.8. The molecule has 7 heteroatoms. The van der Waals surface area contributed by atoms with Crippen LogP contribution in [0.4, 0.5) is 4.79 Å². The largest absolute Gasteiger partial charge is 0.444 e. The van der Waals surface area contributed by atoms with Gasteiger partial charge in [0.25, 0.3) is 0 Å². The molecule has 0 saturated carbocycles. The van der Waals surface area contributed by atoms with E-state index in [-0.39, 0.29) is 23.7 Å². The van der Waals surface area contributed by atoms with E-state index in [0.717, 1.165) is 32.0 Å². The van der Waals surface area contributed by atoms with E-state index >= 15 is 0 Å². The predicted molar refractivity (Wildman–Crippen MR) is 106 cm³/mol. The molecule has 0 aliphatic carbocycles. The number of carbonyl (C=O) groups is 1. The Kier molecular flexibility index (Phi) is 8.18. The molecule has 1 aliphatic rings. The van der Waals surface area contributed by atoms with Crippen molar-refractivity contribution in [1.29, 1.82) is 0 Å². The second kappa shape index (κ2) is 9.44. The minimum Gasteiger partial charge on any atom is -0.444 e. The number of hydrogen-bond donors (Lipinski definition) is 2. The fourth-order valence-electron chi connectivity index (χ4n) is 2.84. The second-order valence-corrected chi connectivity index (χ2v) is 8.86. The van der Waals surface area contributed by atoms with Crippen molar-refractivity contribution in [3.63, 3.8) is 0 Å². The first-order valence-electron chi connectivity index (χ1n) is 9.51. The zero-order valence-corrected chi connectivity index (χ0v) is 17.8. The van der Waals surface area contributed by atoms with Crippen molar-refractivity contribution in [3.05, 3.63) is 0 Å². The first kappa shape index (κ1) is 22.5. The maximum Gasteiger partial charge on any atom is 0.407 e. The summed E-state index contributed by atoms with van der Waals surface area (Å²) in [6.45, 7) is 17.1. The van der Waals surface area contributed by atoms with Crippen LogP contribution in [0.25, 0.3) is 0 Å².